The highest BCUT2D eigenvalue weighted by molar-refractivity contribution is 5.94. The predicted molar refractivity (Wildman–Crippen MR) is 96.4 cm³/mol. The first kappa shape index (κ1) is 14.7. The van der Waals surface area contributed by atoms with Crippen LogP contribution in [0.4, 0.5) is 11.4 Å². The number of rotatable bonds is 3. The Hall–Kier alpha value is -2.88. The van der Waals surface area contributed by atoms with E-state index >= 15 is 0 Å². The summed E-state index contributed by atoms with van der Waals surface area (Å²) in [5.41, 5.74) is 6.57. The maximum absolute atomic E-state index is 11.8. The molecule has 0 bridgehead atoms. The molecule has 1 aliphatic heterocycles. The van der Waals surface area contributed by atoms with E-state index in [-0.39, 0.29) is 5.91 Å². The number of aryl methyl sites for hydroxylation is 1. The molecule has 4 heteroatoms. The molecule has 2 heterocycles. The third-order valence-electron chi connectivity index (χ3n) is 4.54. The second-order valence-corrected chi connectivity index (χ2v) is 6.09. The van der Waals surface area contributed by atoms with Crippen molar-refractivity contribution in [1.82, 2.24) is 10.3 Å². The first-order valence-electron chi connectivity index (χ1n) is 8.26. The lowest BCUT2D eigenvalue weighted by Gasteiger charge is -2.22. The zero-order chi connectivity index (χ0) is 16.5. The number of hydrogen-bond acceptors (Lipinski definition) is 3. The summed E-state index contributed by atoms with van der Waals surface area (Å²) < 4.78 is 0. The Morgan fingerprint density at radius 2 is 2.08 bits per heavy atom. The highest BCUT2D eigenvalue weighted by atomic mass is 16.1. The van der Waals surface area contributed by atoms with Gasteiger partial charge in [0.25, 0.3) is 0 Å². The van der Waals surface area contributed by atoms with Gasteiger partial charge in [0.15, 0.2) is 0 Å². The molecular formula is C20H19N3O. The van der Waals surface area contributed by atoms with Gasteiger partial charge in [0.2, 0.25) is 5.91 Å². The summed E-state index contributed by atoms with van der Waals surface area (Å²) in [7, 11) is 0. The van der Waals surface area contributed by atoms with E-state index in [0.29, 0.717) is 13.0 Å². The van der Waals surface area contributed by atoms with Gasteiger partial charge in [-0.2, -0.15) is 0 Å². The van der Waals surface area contributed by atoms with E-state index in [2.05, 4.69) is 46.8 Å². The van der Waals surface area contributed by atoms with Crippen LogP contribution in [0.3, 0.4) is 0 Å². The number of anilines is 2. The quantitative estimate of drug-likeness (QED) is 0.774. The van der Waals surface area contributed by atoms with E-state index in [1.165, 1.54) is 11.1 Å². The number of amides is 1. The van der Waals surface area contributed by atoms with Crippen LogP contribution in [0.1, 0.15) is 23.6 Å². The van der Waals surface area contributed by atoms with Crippen LogP contribution < -0.4 is 10.6 Å². The second-order valence-electron chi connectivity index (χ2n) is 6.09. The number of aromatic nitrogens is 1. The lowest BCUT2D eigenvalue weighted by molar-refractivity contribution is -0.121. The van der Waals surface area contributed by atoms with Crippen molar-refractivity contribution >= 4 is 28.2 Å². The average Bonchev–Trinajstić information content (AvgIpc) is 2.62. The molecule has 0 fully saturated rings. The molecule has 3 aromatic rings. The van der Waals surface area contributed by atoms with Crippen LogP contribution in [-0.2, 0) is 24.2 Å². The Labute approximate surface area is 140 Å². The molecule has 1 aliphatic rings. The minimum absolute atomic E-state index is 0.0781. The van der Waals surface area contributed by atoms with Crippen LogP contribution in [0.5, 0.6) is 0 Å². The molecule has 0 radical (unpaired) electrons. The van der Waals surface area contributed by atoms with Crippen LogP contribution in [0.15, 0.2) is 48.7 Å². The first-order chi connectivity index (χ1) is 11.7. The van der Waals surface area contributed by atoms with Crippen molar-refractivity contribution in [1.29, 1.82) is 0 Å². The molecule has 0 atom stereocenters. The molecule has 0 unspecified atom stereocenters. The minimum Gasteiger partial charge on any atom is -0.355 e. The fourth-order valence-electron chi connectivity index (χ4n) is 3.25. The van der Waals surface area contributed by atoms with Crippen LogP contribution in [0.25, 0.3) is 10.9 Å². The van der Waals surface area contributed by atoms with Crippen LogP contribution in [0.2, 0.25) is 0 Å². The fraction of sp³-hybridized carbons (Fsp3) is 0.200. The third-order valence-corrected chi connectivity index (χ3v) is 4.54. The van der Waals surface area contributed by atoms with Crippen molar-refractivity contribution < 1.29 is 4.79 Å². The highest BCUT2D eigenvalue weighted by Gasteiger charge is 2.19. The van der Waals surface area contributed by atoms with Gasteiger partial charge in [0.05, 0.1) is 11.9 Å². The van der Waals surface area contributed by atoms with Crippen molar-refractivity contribution in [2.45, 2.75) is 26.3 Å². The predicted octanol–water partition coefficient (Wildman–Crippen LogP) is 3.71. The van der Waals surface area contributed by atoms with Gasteiger partial charge in [-0.15, -0.1) is 0 Å². The second kappa shape index (κ2) is 5.96. The Bertz CT molecular complexity index is 928. The summed E-state index contributed by atoms with van der Waals surface area (Å²) in [6.45, 7) is 2.75. The molecule has 4 rings (SSSR count). The molecule has 2 aromatic carbocycles. The SMILES string of the molecule is CCc1cc2c(c(Nc3cccc4ncccc34)c1)CC(=O)NC2. The van der Waals surface area contributed by atoms with Crippen LogP contribution in [0, 0.1) is 0 Å². The molecule has 0 aliphatic carbocycles. The van der Waals surface area contributed by atoms with E-state index in [1.807, 2.05) is 18.2 Å². The van der Waals surface area contributed by atoms with Gasteiger partial charge < -0.3 is 10.6 Å². The molecular weight excluding hydrogens is 298 g/mol. The third kappa shape index (κ3) is 2.60. The van der Waals surface area contributed by atoms with Crippen LogP contribution in [-0.4, -0.2) is 10.9 Å². The molecule has 4 nitrogen and oxygen atoms in total. The number of nitrogens with zero attached hydrogens (tertiary/aromatic N) is 1. The van der Waals surface area contributed by atoms with Crippen molar-refractivity contribution in [3.63, 3.8) is 0 Å². The molecule has 24 heavy (non-hydrogen) atoms. The van der Waals surface area contributed by atoms with Crippen molar-refractivity contribution in [3.8, 4) is 0 Å². The van der Waals surface area contributed by atoms with Gasteiger partial charge in [0, 0.05) is 29.5 Å². The molecule has 1 aromatic heterocycles. The lowest BCUT2D eigenvalue weighted by atomic mass is 9.94. The van der Waals surface area contributed by atoms with E-state index in [1.54, 1.807) is 6.20 Å². The van der Waals surface area contributed by atoms with E-state index < -0.39 is 0 Å². The standard InChI is InChI=1S/C20H19N3O/c1-2-13-9-14-12-22-20(24)11-16(14)19(10-13)23-18-7-3-6-17-15(18)5-4-8-21-17/h3-10,23H,2,11-12H2,1H3,(H,22,24). The van der Waals surface area contributed by atoms with Crippen molar-refractivity contribution in [2.24, 2.45) is 0 Å². The minimum atomic E-state index is 0.0781. The normalized spacial score (nSPS) is 13.5. The smallest absolute Gasteiger partial charge is 0.224 e. The number of nitrogens with one attached hydrogen (secondary N) is 2. The summed E-state index contributed by atoms with van der Waals surface area (Å²) in [6.07, 6.45) is 3.19. The Kier molecular flexibility index (Phi) is 3.65. The summed E-state index contributed by atoms with van der Waals surface area (Å²) in [6, 6.07) is 14.4. The fourth-order valence-corrected chi connectivity index (χ4v) is 3.25. The summed E-state index contributed by atoms with van der Waals surface area (Å²) in [4.78, 5) is 16.3. The molecule has 0 saturated heterocycles. The number of carbonyl (C=O) groups excluding carboxylic acids is 1. The number of pyridine rings is 1. The zero-order valence-corrected chi connectivity index (χ0v) is 13.6. The molecule has 120 valence electrons. The molecule has 0 saturated carbocycles. The molecule has 2 N–H and O–H groups in total. The number of carbonyl (C=O) groups is 1. The lowest BCUT2D eigenvalue weighted by Crippen LogP contribution is -2.30. The Morgan fingerprint density at radius 3 is 2.96 bits per heavy atom. The maximum Gasteiger partial charge on any atom is 0.224 e. The topological polar surface area (TPSA) is 54.0 Å². The van der Waals surface area contributed by atoms with Crippen molar-refractivity contribution in [3.05, 3.63) is 65.4 Å². The number of hydrogen-bond donors (Lipinski definition) is 2. The largest absolute Gasteiger partial charge is 0.355 e. The monoisotopic (exact) mass is 317 g/mol. The zero-order valence-electron chi connectivity index (χ0n) is 13.6. The Morgan fingerprint density at radius 1 is 1.17 bits per heavy atom. The van der Waals surface area contributed by atoms with Gasteiger partial charge in [-0.05, 0) is 53.4 Å². The molecule has 1 amide bonds. The van der Waals surface area contributed by atoms with Gasteiger partial charge in [0.1, 0.15) is 0 Å². The van der Waals surface area contributed by atoms with Gasteiger partial charge >= 0.3 is 0 Å². The van der Waals surface area contributed by atoms with Gasteiger partial charge in [-0.25, -0.2) is 0 Å². The maximum atomic E-state index is 11.8. The van der Waals surface area contributed by atoms with Crippen LogP contribution >= 0.6 is 0 Å². The summed E-state index contributed by atoms with van der Waals surface area (Å²) in [5, 5.41) is 7.56. The number of fused-ring (bicyclic) bond motifs is 2. The summed E-state index contributed by atoms with van der Waals surface area (Å²) >= 11 is 0. The number of benzene rings is 2. The molecule has 0 spiro atoms. The van der Waals surface area contributed by atoms with E-state index in [9.17, 15) is 4.79 Å². The highest BCUT2D eigenvalue weighted by Crippen LogP contribution is 2.31. The van der Waals surface area contributed by atoms with E-state index in [0.717, 1.165) is 34.3 Å². The van der Waals surface area contributed by atoms with Gasteiger partial charge in [-0.3, -0.25) is 9.78 Å². The average molecular weight is 317 g/mol. The summed E-state index contributed by atoms with van der Waals surface area (Å²) in [5.74, 6) is 0.0781. The Balaban J connectivity index is 1.82. The van der Waals surface area contributed by atoms with Crippen molar-refractivity contribution in [2.75, 3.05) is 5.32 Å². The van der Waals surface area contributed by atoms with E-state index in [4.69, 9.17) is 0 Å². The first-order valence-corrected chi connectivity index (χ1v) is 8.26. The van der Waals surface area contributed by atoms with Gasteiger partial charge in [-0.1, -0.05) is 19.1 Å².